The molecule has 1 aromatic heterocycles. The maximum absolute atomic E-state index is 12.0. The van der Waals surface area contributed by atoms with Crippen LogP contribution in [0.1, 0.15) is 15.9 Å². The number of carbonyl (C=O) groups excluding carboxylic acids is 1. The van der Waals surface area contributed by atoms with E-state index in [1.165, 1.54) is 6.26 Å². The zero-order valence-corrected chi connectivity index (χ0v) is 11.9. The lowest BCUT2D eigenvalue weighted by molar-refractivity contribution is 0.0992. The molecule has 0 N–H and O–H groups in total. The number of halogens is 2. The van der Waals surface area contributed by atoms with Crippen LogP contribution in [0.4, 0.5) is 0 Å². The summed E-state index contributed by atoms with van der Waals surface area (Å²) in [4.78, 5) is 12.0. The van der Waals surface area contributed by atoms with E-state index in [0.29, 0.717) is 5.56 Å². The summed E-state index contributed by atoms with van der Waals surface area (Å²) in [5.41, 5.74) is 1.29. The van der Waals surface area contributed by atoms with Crippen molar-refractivity contribution in [2.24, 2.45) is 0 Å². The molecule has 18 heavy (non-hydrogen) atoms. The molecule has 0 radical (unpaired) electrons. The van der Waals surface area contributed by atoms with E-state index < -0.39 is 0 Å². The Hall–Kier alpha value is -1.26. The molecule has 1 aromatic carbocycles. The van der Waals surface area contributed by atoms with Crippen molar-refractivity contribution in [3.05, 3.63) is 51.3 Å². The number of carbonyl (C=O) groups is 1. The van der Waals surface area contributed by atoms with Crippen molar-refractivity contribution in [2.75, 3.05) is 7.11 Å². The van der Waals surface area contributed by atoms with Gasteiger partial charge in [-0.2, -0.15) is 0 Å². The average molecular weight is 330 g/mol. The summed E-state index contributed by atoms with van der Waals surface area (Å²) in [7, 11) is 1.59. The molecule has 5 heteroatoms. The lowest BCUT2D eigenvalue weighted by atomic mass is 10.1. The number of ether oxygens (including phenoxy) is 1. The topological polar surface area (TPSA) is 39.4 Å². The number of methoxy groups -OCH3 is 1. The summed E-state index contributed by atoms with van der Waals surface area (Å²) in [6.45, 7) is 0. The van der Waals surface area contributed by atoms with Gasteiger partial charge in [0, 0.05) is 6.42 Å². The summed E-state index contributed by atoms with van der Waals surface area (Å²) in [6, 6.07) is 7.08. The highest BCUT2D eigenvalue weighted by atomic mass is 79.9. The minimum atomic E-state index is -0.0779. The normalized spacial score (nSPS) is 10.4. The Morgan fingerprint density at radius 3 is 2.78 bits per heavy atom. The predicted molar refractivity (Wildman–Crippen MR) is 72.4 cm³/mol. The molecule has 0 fully saturated rings. The minimum Gasteiger partial charge on any atom is -0.496 e. The number of benzene rings is 1. The van der Waals surface area contributed by atoms with Crippen LogP contribution in [0.25, 0.3) is 0 Å². The van der Waals surface area contributed by atoms with E-state index in [9.17, 15) is 4.79 Å². The first-order valence-electron chi connectivity index (χ1n) is 5.20. The van der Waals surface area contributed by atoms with Crippen LogP contribution in [0.2, 0.25) is 5.22 Å². The maximum Gasteiger partial charge on any atom is 0.203 e. The Morgan fingerprint density at radius 1 is 1.44 bits per heavy atom. The molecular weight excluding hydrogens is 319 g/mol. The molecule has 0 aliphatic carbocycles. The summed E-state index contributed by atoms with van der Waals surface area (Å²) in [6.07, 6.45) is 1.67. The van der Waals surface area contributed by atoms with Crippen molar-refractivity contribution >= 4 is 33.3 Å². The van der Waals surface area contributed by atoms with Crippen molar-refractivity contribution in [1.29, 1.82) is 0 Å². The summed E-state index contributed by atoms with van der Waals surface area (Å²) in [5, 5.41) is 0.132. The second-order valence-corrected chi connectivity index (χ2v) is 4.87. The molecule has 2 aromatic rings. The van der Waals surface area contributed by atoms with Gasteiger partial charge in [0.25, 0.3) is 0 Å². The molecule has 0 unspecified atom stereocenters. The fraction of sp³-hybridized carbons (Fsp3) is 0.154. The van der Waals surface area contributed by atoms with Gasteiger partial charge in [-0.1, -0.05) is 6.07 Å². The SMILES string of the molecule is COc1ccc(CC(=O)c2ccoc2Cl)cc1Br. The molecule has 0 spiro atoms. The van der Waals surface area contributed by atoms with Gasteiger partial charge in [0.15, 0.2) is 5.78 Å². The van der Waals surface area contributed by atoms with E-state index in [-0.39, 0.29) is 17.4 Å². The van der Waals surface area contributed by atoms with E-state index >= 15 is 0 Å². The predicted octanol–water partition coefficient (Wildman–Crippen LogP) is 4.13. The third-order valence-corrected chi connectivity index (χ3v) is 3.41. The molecule has 2 rings (SSSR count). The standard InChI is InChI=1S/C13H10BrClO3/c1-17-12-3-2-8(6-10(12)14)7-11(16)9-4-5-18-13(9)15/h2-6H,7H2,1H3. The van der Waals surface area contributed by atoms with Gasteiger partial charge in [0.2, 0.25) is 5.22 Å². The summed E-state index contributed by atoms with van der Waals surface area (Å²) < 4.78 is 10.8. The highest BCUT2D eigenvalue weighted by Gasteiger charge is 2.14. The quantitative estimate of drug-likeness (QED) is 0.792. The van der Waals surface area contributed by atoms with Crippen LogP contribution in [0, 0.1) is 0 Å². The Bertz CT molecular complexity index is 577. The summed E-state index contributed by atoms with van der Waals surface area (Å²) >= 11 is 9.14. The molecule has 94 valence electrons. The van der Waals surface area contributed by atoms with Crippen molar-refractivity contribution in [3.63, 3.8) is 0 Å². The van der Waals surface area contributed by atoms with Gasteiger partial charge in [-0.3, -0.25) is 4.79 Å². The van der Waals surface area contributed by atoms with Gasteiger partial charge in [-0.25, -0.2) is 0 Å². The van der Waals surface area contributed by atoms with E-state index in [4.69, 9.17) is 20.8 Å². The zero-order valence-electron chi connectivity index (χ0n) is 9.57. The van der Waals surface area contributed by atoms with Gasteiger partial charge in [-0.15, -0.1) is 0 Å². The lowest BCUT2D eigenvalue weighted by Crippen LogP contribution is -2.03. The molecule has 0 saturated heterocycles. The van der Waals surface area contributed by atoms with Crippen LogP contribution < -0.4 is 4.74 Å². The molecule has 0 atom stereocenters. The number of ketones is 1. The molecule has 0 saturated carbocycles. The molecule has 0 amide bonds. The number of hydrogen-bond donors (Lipinski definition) is 0. The van der Waals surface area contributed by atoms with Gasteiger partial charge in [-0.05, 0) is 51.3 Å². The van der Waals surface area contributed by atoms with E-state index in [2.05, 4.69) is 15.9 Å². The van der Waals surface area contributed by atoms with E-state index in [1.807, 2.05) is 18.2 Å². The Kier molecular flexibility index (Phi) is 4.09. The monoisotopic (exact) mass is 328 g/mol. The zero-order chi connectivity index (χ0) is 13.1. The first-order chi connectivity index (χ1) is 8.61. The third kappa shape index (κ3) is 2.76. The second kappa shape index (κ2) is 5.59. The van der Waals surface area contributed by atoms with Crippen LogP contribution in [-0.2, 0) is 6.42 Å². The van der Waals surface area contributed by atoms with Crippen LogP contribution in [0.15, 0.2) is 39.4 Å². The average Bonchev–Trinajstić information content (AvgIpc) is 2.76. The fourth-order valence-corrected chi connectivity index (χ4v) is 2.40. The maximum atomic E-state index is 12.0. The van der Waals surface area contributed by atoms with Gasteiger partial charge in [0.1, 0.15) is 5.75 Å². The Labute approximate surface area is 118 Å². The lowest BCUT2D eigenvalue weighted by Gasteiger charge is -2.05. The van der Waals surface area contributed by atoms with Gasteiger partial charge < -0.3 is 9.15 Å². The fourth-order valence-electron chi connectivity index (χ4n) is 1.59. The van der Waals surface area contributed by atoms with Gasteiger partial charge in [0.05, 0.1) is 23.4 Å². The molecule has 3 nitrogen and oxygen atoms in total. The molecule has 0 aliphatic heterocycles. The van der Waals surface area contributed by atoms with E-state index in [1.54, 1.807) is 13.2 Å². The Morgan fingerprint density at radius 2 is 2.22 bits per heavy atom. The third-order valence-electron chi connectivity index (χ3n) is 2.50. The minimum absolute atomic E-state index is 0.0779. The molecular formula is C13H10BrClO3. The van der Waals surface area contributed by atoms with Crippen molar-refractivity contribution in [2.45, 2.75) is 6.42 Å². The van der Waals surface area contributed by atoms with Crippen molar-refractivity contribution < 1.29 is 13.9 Å². The molecule has 0 aliphatic rings. The van der Waals surface area contributed by atoms with Crippen molar-refractivity contribution in [1.82, 2.24) is 0 Å². The van der Waals surface area contributed by atoms with Crippen LogP contribution in [0.5, 0.6) is 5.75 Å². The van der Waals surface area contributed by atoms with Gasteiger partial charge >= 0.3 is 0 Å². The number of Topliss-reactive ketones (excluding diaryl/α,β-unsaturated/α-hetero) is 1. The van der Waals surface area contributed by atoms with Crippen LogP contribution >= 0.6 is 27.5 Å². The summed E-state index contributed by atoms with van der Waals surface area (Å²) in [5.74, 6) is 0.651. The van der Waals surface area contributed by atoms with E-state index in [0.717, 1.165) is 15.8 Å². The number of hydrogen-bond acceptors (Lipinski definition) is 3. The number of rotatable bonds is 4. The first kappa shape index (κ1) is 13.2. The Balaban J connectivity index is 2.17. The largest absolute Gasteiger partial charge is 0.496 e. The molecule has 0 bridgehead atoms. The van der Waals surface area contributed by atoms with Crippen LogP contribution in [-0.4, -0.2) is 12.9 Å². The highest BCUT2D eigenvalue weighted by Crippen LogP contribution is 2.26. The van der Waals surface area contributed by atoms with Crippen LogP contribution in [0.3, 0.4) is 0 Å². The molecule has 1 heterocycles. The smallest absolute Gasteiger partial charge is 0.203 e. The first-order valence-corrected chi connectivity index (χ1v) is 6.37. The second-order valence-electron chi connectivity index (χ2n) is 3.68. The van der Waals surface area contributed by atoms with Crippen molar-refractivity contribution in [3.8, 4) is 5.75 Å². The highest BCUT2D eigenvalue weighted by molar-refractivity contribution is 9.10. The number of furan rings is 1.